The van der Waals surface area contributed by atoms with Crippen LogP contribution in [0.15, 0.2) is 42.5 Å². The van der Waals surface area contributed by atoms with Crippen molar-refractivity contribution >= 4 is 34.8 Å². The van der Waals surface area contributed by atoms with Gasteiger partial charge in [-0.05, 0) is 42.8 Å². The maximum absolute atomic E-state index is 12.6. The van der Waals surface area contributed by atoms with Crippen LogP contribution in [0.2, 0.25) is 5.02 Å². The number of anilines is 2. The van der Waals surface area contributed by atoms with Gasteiger partial charge in [0.05, 0.1) is 19.8 Å². The van der Waals surface area contributed by atoms with Gasteiger partial charge in [0, 0.05) is 35.1 Å². The monoisotopic (exact) mass is 387 g/mol. The molecule has 0 atom stereocenters. The van der Waals surface area contributed by atoms with E-state index in [0.29, 0.717) is 42.6 Å². The second kappa shape index (κ2) is 8.88. The summed E-state index contributed by atoms with van der Waals surface area (Å²) in [6, 6.07) is 12.5. The van der Waals surface area contributed by atoms with Gasteiger partial charge in [-0.2, -0.15) is 0 Å². The number of nitrogens with zero attached hydrogens (tertiary/aromatic N) is 1. The zero-order valence-electron chi connectivity index (χ0n) is 15.1. The van der Waals surface area contributed by atoms with E-state index in [1.165, 1.54) is 0 Å². The normalized spacial score (nSPS) is 13.9. The molecule has 0 aromatic heterocycles. The third-order valence-electron chi connectivity index (χ3n) is 4.33. The third-order valence-corrected chi connectivity index (χ3v) is 4.57. The second-order valence-electron chi connectivity index (χ2n) is 6.35. The smallest absolute Gasteiger partial charge is 0.254 e. The van der Waals surface area contributed by atoms with Gasteiger partial charge >= 0.3 is 0 Å². The van der Waals surface area contributed by atoms with Crippen LogP contribution in [-0.4, -0.2) is 49.6 Å². The fraction of sp³-hybridized carbons (Fsp3) is 0.300. The Morgan fingerprint density at radius 2 is 1.93 bits per heavy atom. The predicted octanol–water partition coefficient (Wildman–Crippen LogP) is 3.17. The molecule has 7 heteroatoms. The minimum absolute atomic E-state index is 0.0536. The molecule has 0 radical (unpaired) electrons. The molecule has 1 fully saturated rings. The average Bonchev–Trinajstić information content (AvgIpc) is 2.69. The lowest BCUT2D eigenvalue weighted by Crippen LogP contribution is -2.40. The Hall–Kier alpha value is -2.57. The van der Waals surface area contributed by atoms with Crippen molar-refractivity contribution in [3.05, 3.63) is 58.6 Å². The fourth-order valence-electron chi connectivity index (χ4n) is 2.84. The van der Waals surface area contributed by atoms with Gasteiger partial charge in [0.25, 0.3) is 5.91 Å². The van der Waals surface area contributed by atoms with Crippen molar-refractivity contribution in [2.75, 3.05) is 43.5 Å². The molecule has 0 spiro atoms. The minimum atomic E-state index is -0.203. The largest absolute Gasteiger partial charge is 0.378 e. The third kappa shape index (κ3) is 5.21. The van der Waals surface area contributed by atoms with Crippen molar-refractivity contribution < 1.29 is 14.3 Å². The predicted molar refractivity (Wildman–Crippen MR) is 106 cm³/mol. The number of carbonyl (C=O) groups is 2. The van der Waals surface area contributed by atoms with Crippen LogP contribution in [0.5, 0.6) is 0 Å². The first-order chi connectivity index (χ1) is 13.0. The van der Waals surface area contributed by atoms with Crippen LogP contribution >= 0.6 is 11.6 Å². The van der Waals surface area contributed by atoms with Gasteiger partial charge < -0.3 is 20.3 Å². The van der Waals surface area contributed by atoms with Crippen molar-refractivity contribution in [3.63, 3.8) is 0 Å². The number of ether oxygens (including phenoxy) is 1. The van der Waals surface area contributed by atoms with Crippen molar-refractivity contribution in [2.24, 2.45) is 0 Å². The van der Waals surface area contributed by atoms with Gasteiger partial charge in [-0.15, -0.1) is 0 Å². The molecule has 1 heterocycles. The maximum Gasteiger partial charge on any atom is 0.254 e. The number of nitrogens with one attached hydrogen (secondary N) is 2. The van der Waals surface area contributed by atoms with E-state index in [1.54, 1.807) is 41.3 Å². The van der Waals surface area contributed by atoms with Gasteiger partial charge in [0.15, 0.2) is 0 Å². The Morgan fingerprint density at radius 3 is 2.70 bits per heavy atom. The zero-order chi connectivity index (χ0) is 19.2. The number of aryl methyl sites for hydroxylation is 1. The van der Waals surface area contributed by atoms with E-state index < -0.39 is 0 Å². The van der Waals surface area contributed by atoms with Crippen LogP contribution in [-0.2, 0) is 9.53 Å². The van der Waals surface area contributed by atoms with E-state index >= 15 is 0 Å². The summed E-state index contributed by atoms with van der Waals surface area (Å²) in [4.78, 5) is 26.6. The lowest BCUT2D eigenvalue weighted by Gasteiger charge is -2.27. The highest BCUT2D eigenvalue weighted by Gasteiger charge is 2.18. The van der Waals surface area contributed by atoms with E-state index in [9.17, 15) is 9.59 Å². The fourth-order valence-corrected chi connectivity index (χ4v) is 3.02. The SMILES string of the molecule is Cc1ccc(Cl)cc1NCC(=O)Nc1cccc(C(=O)N2CCOCC2)c1. The highest BCUT2D eigenvalue weighted by molar-refractivity contribution is 6.30. The summed E-state index contributed by atoms with van der Waals surface area (Å²) in [7, 11) is 0. The molecular formula is C20H22ClN3O3. The second-order valence-corrected chi connectivity index (χ2v) is 6.78. The van der Waals surface area contributed by atoms with Crippen LogP contribution in [0.4, 0.5) is 11.4 Å². The Balaban J connectivity index is 1.59. The number of rotatable bonds is 5. The Kier molecular flexibility index (Phi) is 6.32. The first-order valence-electron chi connectivity index (χ1n) is 8.80. The number of hydrogen-bond donors (Lipinski definition) is 2. The molecule has 6 nitrogen and oxygen atoms in total. The number of morpholine rings is 1. The molecule has 2 amide bonds. The lowest BCUT2D eigenvalue weighted by molar-refractivity contribution is -0.114. The van der Waals surface area contributed by atoms with Crippen LogP contribution in [0.3, 0.4) is 0 Å². The summed E-state index contributed by atoms with van der Waals surface area (Å²) in [5, 5.41) is 6.50. The van der Waals surface area contributed by atoms with Crippen LogP contribution < -0.4 is 10.6 Å². The van der Waals surface area contributed by atoms with E-state index in [4.69, 9.17) is 16.3 Å². The molecule has 2 aromatic rings. The van der Waals surface area contributed by atoms with Gasteiger partial charge in [-0.3, -0.25) is 9.59 Å². The quantitative estimate of drug-likeness (QED) is 0.826. The summed E-state index contributed by atoms with van der Waals surface area (Å²) in [5.74, 6) is -0.257. The van der Waals surface area contributed by atoms with Gasteiger partial charge in [0.2, 0.25) is 5.91 Å². The van der Waals surface area contributed by atoms with Crippen LogP contribution in [0.25, 0.3) is 0 Å². The molecule has 0 unspecified atom stereocenters. The van der Waals surface area contributed by atoms with Crippen molar-refractivity contribution in [3.8, 4) is 0 Å². The molecule has 2 aromatic carbocycles. The topological polar surface area (TPSA) is 70.7 Å². The van der Waals surface area contributed by atoms with E-state index in [1.807, 2.05) is 13.0 Å². The highest BCUT2D eigenvalue weighted by Crippen LogP contribution is 2.20. The summed E-state index contributed by atoms with van der Waals surface area (Å²) in [6.07, 6.45) is 0. The Labute approximate surface area is 163 Å². The standard InChI is InChI=1S/C20H22ClN3O3/c1-14-5-6-16(21)12-18(14)22-13-19(25)23-17-4-2-3-15(11-17)20(26)24-7-9-27-10-8-24/h2-6,11-12,22H,7-10,13H2,1H3,(H,23,25). The molecule has 1 saturated heterocycles. The molecule has 27 heavy (non-hydrogen) atoms. The summed E-state index contributed by atoms with van der Waals surface area (Å²) in [6.45, 7) is 4.31. The number of hydrogen-bond acceptors (Lipinski definition) is 4. The first kappa shape index (κ1) is 19.2. The summed E-state index contributed by atoms with van der Waals surface area (Å²) in [5.41, 5.74) is 2.95. The maximum atomic E-state index is 12.6. The van der Waals surface area contributed by atoms with E-state index in [-0.39, 0.29) is 18.4 Å². The van der Waals surface area contributed by atoms with Crippen molar-refractivity contribution in [2.45, 2.75) is 6.92 Å². The Morgan fingerprint density at radius 1 is 1.15 bits per heavy atom. The Bertz CT molecular complexity index is 835. The molecule has 142 valence electrons. The minimum Gasteiger partial charge on any atom is -0.378 e. The summed E-state index contributed by atoms with van der Waals surface area (Å²) < 4.78 is 5.28. The first-order valence-corrected chi connectivity index (χ1v) is 9.18. The van der Waals surface area contributed by atoms with Gasteiger partial charge in [-0.25, -0.2) is 0 Å². The number of amides is 2. The van der Waals surface area contributed by atoms with Crippen molar-refractivity contribution in [1.29, 1.82) is 0 Å². The van der Waals surface area contributed by atoms with Crippen LogP contribution in [0.1, 0.15) is 15.9 Å². The number of carbonyl (C=O) groups excluding carboxylic acids is 2. The highest BCUT2D eigenvalue weighted by atomic mass is 35.5. The molecule has 3 rings (SSSR count). The molecule has 0 aliphatic carbocycles. The molecule has 0 bridgehead atoms. The lowest BCUT2D eigenvalue weighted by atomic mass is 10.1. The zero-order valence-corrected chi connectivity index (χ0v) is 15.9. The summed E-state index contributed by atoms with van der Waals surface area (Å²) >= 11 is 5.99. The molecule has 0 saturated carbocycles. The van der Waals surface area contributed by atoms with Gasteiger partial charge in [-0.1, -0.05) is 23.7 Å². The van der Waals surface area contributed by atoms with Crippen molar-refractivity contribution in [1.82, 2.24) is 4.90 Å². The molecule has 1 aliphatic rings. The average molecular weight is 388 g/mol. The molecular weight excluding hydrogens is 366 g/mol. The molecule has 2 N–H and O–H groups in total. The van der Waals surface area contributed by atoms with Gasteiger partial charge in [0.1, 0.15) is 0 Å². The van der Waals surface area contributed by atoms with Crippen LogP contribution in [0, 0.1) is 6.92 Å². The molecule has 1 aliphatic heterocycles. The van der Waals surface area contributed by atoms with E-state index in [2.05, 4.69) is 10.6 Å². The number of benzene rings is 2. The van der Waals surface area contributed by atoms with E-state index in [0.717, 1.165) is 11.3 Å². The number of halogens is 1.